The van der Waals surface area contributed by atoms with Crippen molar-refractivity contribution in [2.45, 2.75) is 18.1 Å². The van der Waals surface area contributed by atoms with Gasteiger partial charge in [0, 0.05) is 34.7 Å². The normalized spacial score (nSPS) is 13.5. The van der Waals surface area contributed by atoms with Crippen LogP contribution in [-0.4, -0.2) is 21.0 Å². The molecule has 194 valence electrons. The Balaban J connectivity index is 1.57. The van der Waals surface area contributed by atoms with Crippen molar-refractivity contribution in [3.63, 3.8) is 0 Å². The van der Waals surface area contributed by atoms with Crippen LogP contribution in [0.1, 0.15) is 39.8 Å². The number of aromatic nitrogens is 2. The van der Waals surface area contributed by atoms with E-state index >= 15 is 0 Å². The Bertz CT molecular complexity index is 1490. The van der Waals surface area contributed by atoms with Gasteiger partial charge in [-0.25, -0.2) is 4.98 Å². The first-order chi connectivity index (χ1) is 19.2. The molecule has 0 bridgehead atoms. The number of aliphatic hydroxyl groups excluding tert-OH is 1. The molecule has 3 N–H and O–H groups in total. The van der Waals surface area contributed by atoms with E-state index in [0.717, 1.165) is 16.0 Å². The Morgan fingerprint density at radius 2 is 1.56 bits per heavy atom. The summed E-state index contributed by atoms with van der Waals surface area (Å²) in [6.45, 7) is 0. The van der Waals surface area contributed by atoms with Crippen molar-refractivity contribution in [3.8, 4) is 0 Å². The SMILES string of the molecule is O=C(C=Cc1cccs1)Nc1ccccc1[C@@H](Nc1ccccn1)[C@H](c1ccccn1)[C@H](O)c1ccccc1. The highest BCUT2D eigenvalue weighted by Gasteiger charge is 2.35. The van der Waals surface area contributed by atoms with Crippen LogP contribution in [0.2, 0.25) is 0 Å². The number of rotatable bonds is 10. The lowest BCUT2D eigenvalue weighted by Crippen LogP contribution is -2.27. The third kappa shape index (κ3) is 6.65. The topological polar surface area (TPSA) is 87.1 Å². The Kier molecular flexibility index (Phi) is 8.53. The van der Waals surface area contributed by atoms with Gasteiger partial charge in [0.1, 0.15) is 5.82 Å². The molecular formula is C32H28N4O2S. The van der Waals surface area contributed by atoms with Crippen molar-refractivity contribution < 1.29 is 9.90 Å². The largest absolute Gasteiger partial charge is 0.388 e. The fourth-order valence-corrected chi connectivity index (χ4v) is 5.13. The lowest BCUT2D eigenvalue weighted by molar-refractivity contribution is -0.111. The van der Waals surface area contributed by atoms with E-state index in [1.807, 2.05) is 109 Å². The number of amides is 1. The number of anilines is 2. The number of aliphatic hydroxyl groups is 1. The maximum absolute atomic E-state index is 12.9. The van der Waals surface area contributed by atoms with Crippen LogP contribution >= 0.6 is 11.3 Å². The van der Waals surface area contributed by atoms with Gasteiger partial charge in [0.15, 0.2) is 0 Å². The zero-order valence-corrected chi connectivity index (χ0v) is 21.9. The smallest absolute Gasteiger partial charge is 0.248 e. The fraction of sp³-hybridized carbons (Fsp3) is 0.0938. The van der Waals surface area contributed by atoms with E-state index in [2.05, 4.69) is 20.6 Å². The number of pyridine rings is 2. The lowest BCUT2D eigenvalue weighted by Gasteiger charge is -2.33. The van der Waals surface area contributed by atoms with Gasteiger partial charge in [-0.05, 0) is 59.0 Å². The van der Waals surface area contributed by atoms with Crippen LogP contribution in [0.3, 0.4) is 0 Å². The molecule has 0 saturated carbocycles. The summed E-state index contributed by atoms with van der Waals surface area (Å²) < 4.78 is 0. The average molecular weight is 533 g/mol. The summed E-state index contributed by atoms with van der Waals surface area (Å²) in [5.74, 6) is -0.122. The molecular weight excluding hydrogens is 504 g/mol. The summed E-state index contributed by atoms with van der Waals surface area (Å²) in [7, 11) is 0. The van der Waals surface area contributed by atoms with E-state index in [1.54, 1.807) is 29.8 Å². The van der Waals surface area contributed by atoms with E-state index in [-0.39, 0.29) is 5.91 Å². The first-order valence-corrected chi connectivity index (χ1v) is 13.5. The molecule has 0 aliphatic carbocycles. The summed E-state index contributed by atoms with van der Waals surface area (Å²) >= 11 is 1.56. The Morgan fingerprint density at radius 1 is 0.821 bits per heavy atom. The number of carbonyl (C=O) groups excluding carboxylic acids is 1. The predicted molar refractivity (Wildman–Crippen MR) is 157 cm³/mol. The standard InChI is InChI=1S/C32H28N4O2S/c37-29(19-18-24-13-10-22-39-24)35-26-15-5-4-14-25(26)31(36-28-17-7-9-21-34-28)30(27-16-6-8-20-33-27)32(38)23-11-2-1-3-12-23/h1-22,30-32,38H,(H,34,36)(H,35,37)/t30-,31+,32+/m0/s1. The van der Waals surface area contributed by atoms with Gasteiger partial charge in [0.05, 0.1) is 18.1 Å². The third-order valence-electron chi connectivity index (χ3n) is 6.33. The summed E-state index contributed by atoms with van der Waals surface area (Å²) in [6.07, 6.45) is 5.86. The summed E-state index contributed by atoms with van der Waals surface area (Å²) in [5, 5.41) is 20.4. The third-order valence-corrected chi connectivity index (χ3v) is 7.17. The molecule has 0 aliphatic heterocycles. The molecule has 6 nitrogen and oxygen atoms in total. The van der Waals surface area contributed by atoms with Crippen molar-refractivity contribution in [3.05, 3.63) is 149 Å². The van der Waals surface area contributed by atoms with Crippen LogP contribution in [0.5, 0.6) is 0 Å². The highest BCUT2D eigenvalue weighted by molar-refractivity contribution is 7.10. The van der Waals surface area contributed by atoms with Crippen LogP contribution < -0.4 is 10.6 Å². The first-order valence-electron chi connectivity index (χ1n) is 12.6. The Morgan fingerprint density at radius 3 is 2.28 bits per heavy atom. The first kappa shape index (κ1) is 26.0. The van der Waals surface area contributed by atoms with Crippen LogP contribution in [-0.2, 0) is 4.79 Å². The van der Waals surface area contributed by atoms with Gasteiger partial charge in [-0.2, -0.15) is 0 Å². The lowest BCUT2D eigenvalue weighted by atomic mass is 9.82. The maximum atomic E-state index is 12.9. The second kappa shape index (κ2) is 12.8. The monoisotopic (exact) mass is 532 g/mol. The molecule has 0 unspecified atom stereocenters. The molecule has 5 rings (SSSR count). The molecule has 0 fully saturated rings. The van der Waals surface area contributed by atoms with Gasteiger partial charge in [0.2, 0.25) is 5.91 Å². The number of thiophene rings is 1. The summed E-state index contributed by atoms with van der Waals surface area (Å²) in [6, 6.07) is 31.9. The van der Waals surface area contributed by atoms with E-state index < -0.39 is 18.1 Å². The van der Waals surface area contributed by atoms with E-state index in [4.69, 9.17) is 0 Å². The number of carbonyl (C=O) groups is 1. The van der Waals surface area contributed by atoms with E-state index in [1.165, 1.54) is 6.08 Å². The van der Waals surface area contributed by atoms with Gasteiger partial charge in [-0.15, -0.1) is 11.3 Å². The molecule has 3 atom stereocenters. The van der Waals surface area contributed by atoms with E-state index in [0.29, 0.717) is 17.2 Å². The van der Waals surface area contributed by atoms with Crippen LogP contribution in [0.25, 0.3) is 6.08 Å². The number of nitrogens with zero attached hydrogens (tertiary/aromatic N) is 2. The molecule has 7 heteroatoms. The molecule has 0 aliphatic rings. The minimum Gasteiger partial charge on any atom is -0.388 e. The molecule has 3 aromatic heterocycles. The predicted octanol–water partition coefficient (Wildman–Crippen LogP) is 6.86. The minimum absolute atomic E-state index is 0.245. The molecule has 0 spiro atoms. The fourth-order valence-electron chi connectivity index (χ4n) is 4.51. The van der Waals surface area contributed by atoms with Gasteiger partial charge in [0.25, 0.3) is 0 Å². The van der Waals surface area contributed by atoms with Gasteiger partial charge in [-0.1, -0.05) is 66.7 Å². The van der Waals surface area contributed by atoms with Crippen LogP contribution in [0.15, 0.2) is 127 Å². The summed E-state index contributed by atoms with van der Waals surface area (Å²) in [5.41, 5.74) is 2.90. The minimum atomic E-state index is -0.898. The van der Waals surface area contributed by atoms with Gasteiger partial charge in [-0.3, -0.25) is 9.78 Å². The molecule has 0 saturated heterocycles. The van der Waals surface area contributed by atoms with Gasteiger partial charge >= 0.3 is 0 Å². The van der Waals surface area contributed by atoms with Crippen molar-refractivity contribution in [1.82, 2.24) is 9.97 Å². The Hall–Kier alpha value is -4.59. The molecule has 3 heterocycles. The van der Waals surface area contributed by atoms with Crippen molar-refractivity contribution >= 4 is 34.8 Å². The van der Waals surface area contributed by atoms with E-state index in [9.17, 15) is 9.90 Å². The number of hydrogen-bond acceptors (Lipinski definition) is 6. The molecule has 0 radical (unpaired) electrons. The zero-order chi connectivity index (χ0) is 26.9. The molecule has 5 aromatic rings. The molecule has 1 amide bonds. The maximum Gasteiger partial charge on any atom is 0.248 e. The molecule has 39 heavy (non-hydrogen) atoms. The average Bonchev–Trinajstić information content (AvgIpc) is 3.52. The van der Waals surface area contributed by atoms with Crippen molar-refractivity contribution in [2.75, 3.05) is 10.6 Å². The highest BCUT2D eigenvalue weighted by atomic mass is 32.1. The second-order valence-electron chi connectivity index (χ2n) is 8.90. The number of benzene rings is 2. The number of para-hydroxylation sites is 1. The molecule has 2 aromatic carbocycles. The van der Waals surface area contributed by atoms with Crippen LogP contribution in [0.4, 0.5) is 11.5 Å². The number of hydrogen-bond donors (Lipinski definition) is 3. The second-order valence-corrected chi connectivity index (χ2v) is 9.88. The van der Waals surface area contributed by atoms with Crippen LogP contribution in [0, 0.1) is 0 Å². The summed E-state index contributed by atoms with van der Waals surface area (Å²) in [4.78, 5) is 23.1. The highest BCUT2D eigenvalue weighted by Crippen LogP contribution is 2.43. The quantitative estimate of drug-likeness (QED) is 0.171. The zero-order valence-electron chi connectivity index (χ0n) is 21.1. The Labute approximate surface area is 231 Å². The van der Waals surface area contributed by atoms with Crippen molar-refractivity contribution in [1.29, 1.82) is 0 Å². The van der Waals surface area contributed by atoms with Crippen molar-refractivity contribution in [2.24, 2.45) is 0 Å². The number of nitrogens with one attached hydrogen (secondary N) is 2. The van der Waals surface area contributed by atoms with Gasteiger partial charge < -0.3 is 15.7 Å².